The first kappa shape index (κ1) is 15.4. The number of halogens is 1. The Balaban J connectivity index is 1.84. The molecule has 8 heteroatoms. The molecule has 23 heavy (non-hydrogen) atoms. The van der Waals surface area contributed by atoms with E-state index in [-0.39, 0.29) is 0 Å². The van der Waals surface area contributed by atoms with E-state index < -0.39 is 6.03 Å². The number of fused-ring (bicyclic) bond motifs is 4. The summed E-state index contributed by atoms with van der Waals surface area (Å²) < 4.78 is 1.25. The van der Waals surface area contributed by atoms with E-state index >= 15 is 0 Å². The number of thiophene rings is 1. The number of thioether (sulfide) groups is 2. The lowest BCUT2D eigenvalue weighted by atomic mass is 10.1. The predicted octanol–water partition coefficient (Wildman–Crippen LogP) is 4.53. The van der Waals surface area contributed by atoms with Crippen molar-refractivity contribution in [3.05, 3.63) is 33.7 Å². The Morgan fingerprint density at radius 2 is 2.22 bits per heavy atom. The standard InChI is InChI=1S/C15H12ClN3OS3/c16-7-1-2-11-8(5-7)12-14(23-11)13-9(6-22-12)10(3-4-21-13)18-19-15(17)20/h1-2,5H,3-4,6H2,(H3,17,19,20)/b18-10-. The van der Waals surface area contributed by atoms with Gasteiger partial charge in [-0.1, -0.05) is 11.6 Å². The zero-order chi connectivity index (χ0) is 16.0. The van der Waals surface area contributed by atoms with Gasteiger partial charge in [0, 0.05) is 48.4 Å². The Hall–Kier alpha value is -1.15. The third-order valence-corrected chi connectivity index (χ3v) is 7.66. The molecule has 2 aliphatic rings. The fraction of sp³-hybridized carbons (Fsp3) is 0.200. The van der Waals surface area contributed by atoms with E-state index in [0.29, 0.717) is 0 Å². The van der Waals surface area contributed by atoms with Gasteiger partial charge in [0.05, 0.1) is 10.6 Å². The van der Waals surface area contributed by atoms with Crippen molar-refractivity contribution >= 4 is 73.2 Å². The number of carbonyl (C=O) groups is 1. The number of nitrogens with two attached hydrogens (primary N) is 1. The molecule has 118 valence electrons. The molecular formula is C15H12ClN3OS3. The quantitative estimate of drug-likeness (QED) is 0.713. The van der Waals surface area contributed by atoms with Crippen LogP contribution < -0.4 is 11.2 Å². The Kier molecular flexibility index (Phi) is 4.05. The van der Waals surface area contributed by atoms with E-state index in [1.165, 1.54) is 30.3 Å². The molecule has 0 saturated carbocycles. The minimum atomic E-state index is -0.626. The highest BCUT2D eigenvalue weighted by molar-refractivity contribution is 8.09. The van der Waals surface area contributed by atoms with Gasteiger partial charge in [-0.3, -0.25) is 0 Å². The van der Waals surface area contributed by atoms with E-state index in [0.717, 1.165) is 28.7 Å². The molecule has 0 saturated heterocycles. The van der Waals surface area contributed by atoms with Crippen LogP contribution in [0.1, 0.15) is 11.3 Å². The largest absolute Gasteiger partial charge is 0.350 e. The summed E-state index contributed by atoms with van der Waals surface area (Å²) in [6.45, 7) is 0. The molecule has 0 atom stereocenters. The Bertz CT molecular complexity index is 887. The summed E-state index contributed by atoms with van der Waals surface area (Å²) in [6.07, 6.45) is 0.844. The Morgan fingerprint density at radius 1 is 1.35 bits per heavy atom. The average molecular weight is 382 g/mol. The summed E-state index contributed by atoms with van der Waals surface area (Å²) in [4.78, 5) is 14.8. The molecule has 0 radical (unpaired) electrons. The maximum Gasteiger partial charge on any atom is 0.332 e. The summed E-state index contributed by atoms with van der Waals surface area (Å²) in [6, 6.07) is 5.43. The normalized spacial score (nSPS) is 18.9. The van der Waals surface area contributed by atoms with Crippen LogP contribution in [0.4, 0.5) is 4.79 Å². The van der Waals surface area contributed by atoms with Crippen molar-refractivity contribution in [3.8, 4) is 0 Å². The van der Waals surface area contributed by atoms with Crippen LogP contribution in [0.2, 0.25) is 5.02 Å². The number of hydrogen-bond acceptors (Lipinski definition) is 5. The minimum absolute atomic E-state index is 0.626. The molecule has 2 aliphatic heterocycles. The number of nitrogens with zero attached hydrogens (tertiary/aromatic N) is 1. The number of hydrogen-bond donors (Lipinski definition) is 2. The van der Waals surface area contributed by atoms with Crippen molar-refractivity contribution in [1.29, 1.82) is 0 Å². The van der Waals surface area contributed by atoms with Crippen molar-refractivity contribution in [2.45, 2.75) is 11.3 Å². The smallest absolute Gasteiger partial charge is 0.332 e. The zero-order valence-corrected chi connectivity index (χ0v) is 15.1. The van der Waals surface area contributed by atoms with Crippen LogP contribution in [0, 0.1) is 0 Å². The van der Waals surface area contributed by atoms with Crippen LogP contribution >= 0.6 is 46.5 Å². The van der Waals surface area contributed by atoms with Crippen molar-refractivity contribution in [3.63, 3.8) is 0 Å². The highest BCUT2D eigenvalue weighted by Gasteiger charge is 2.29. The molecule has 0 spiro atoms. The molecule has 2 amide bonds. The number of urea groups is 1. The third kappa shape index (κ3) is 2.76. The maximum absolute atomic E-state index is 10.9. The Morgan fingerprint density at radius 3 is 3.04 bits per heavy atom. The van der Waals surface area contributed by atoms with Crippen LogP contribution in [0.25, 0.3) is 15.0 Å². The van der Waals surface area contributed by atoms with Gasteiger partial charge in [-0.2, -0.15) is 5.10 Å². The van der Waals surface area contributed by atoms with E-state index in [1.54, 1.807) is 11.3 Å². The van der Waals surface area contributed by atoms with Gasteiger partial charge in [0.1, 0.15) is 0 Å². The van der Waals surface area contributed by atoms with Crippen LogP contribution in [0.3, 0.4) is 0 Å². The molecule has 3 N–H and O–H groups in total. The summed E-state index contributed by atoms with van der Waals surface area (Å²) in [5, 5.41) is 6.20. The molecule has 4 rings (SSSR count). The fourth-order valence-electron chi connectivity index (χ4n) is 2.70. The summed E-state index contributed by atoms with van der Waals surface area (Å²) >= 11 is 11.6. The van der Waals surface area contributed by atoms with E-state index in [1.807, 2.05) is 35.7 Å². The molecule has 1 aromatic carbocycles. The highest BCUT2D eigenvalue weighted by Crippen LogP contribution is 2.52. The first-order valence-corrected chi connectivity index (χ1v) is 10.1. The summed E-state index contributed by atoms with van der Waals surface area (Å²) in [5.41, 5.74) is 9.64. The monoisotopic (exact) mass is 381 g/mol. The van der Waals surface area contributed by atoms with Gasteiger partial charge in [0.15, 0.2) is 0 Å². The number of primary amides is 1. The van der Waals surface area contributed by atoms with Gasteiger partial charge in [-0.15, -0.1) is 34.9 Å². The van der Waals surface area contributed by atoms with Crippen LogP contribution in [0.5, 0.6) is 0 Å². The number of carbonyl (C=O) groups excluding carboxylic acids is 1. The number of nitrogens with one attached hydrogen (secondary N) is 1. The summed E-state index contributed by atoms with van der Waals surface area (Å²) in [7, 11) is 0. The number of hydrazone groups is 1. The van der Waals surface area contributed by atoms with Crippen LogP contribution in [-0.2, 0) is 0 Å². The molecule has 0 fully saturated rings. The van der Waals surface area contributed by atoms with Gasteiger partial charge < -0.3 is 5.73 Å². The lowest BCUT2D eigenvalue weighted by Gasteiger charge is -2.25. The summed E-state index contributed by atoms with van der Waals surface area (Å²) in [5.74, 6) is 1.81. The second kappa shape index (κ2) is 6.05. The molecule has 3 heterocycles. The molecule has 0 bridgehead atoms. The first-order chi connectivity index (χ1) is 11.1. The minimum Gasteiger partial charge on any atom is -0.350 e. The molecule has 0 aliphatic carbocycles. The van der Waals surface area contributed by atoms with Gasteiger partial charge in [-0.05, 0) is 18.2 Å². The van der Waals surface area contributed by atoms with Crippen molar-refractivity contribution in [2.24, 2.45) is 10.8 Å². The van der Waals surface area contributed by atoms with Gasteiger partial charge in [0.25, 0.3) is 0 Å². The lowest BCUT2D eigenvalue weighted by Crippen LogP contribution is -2.27. The van der Waals surface area contributed by atoms with Crippen molar-refractivity contribution in [2.75, 3.05) is 11.5 Å². The number of benzene rings is 1. The van der Waals surface area contributed by atoms with E-state index in [9.17, 15) is 4.79 Å². The number of rotatable bonds is 1. The Labute approximate surface area is 150 Å². The van der Waals surface area contributed by atoms with Crippen molar-refractivity contribution < 1.29 is 4.79 Å². The molecule has 0 unspecified atom stereocenters. The third-order valence-electron chi connectivity index (χ3n) is 3.68. The van der Waals surface area contributed by atoms with E-state index in [4.69, 9.17) is 17.3 Å². The second-order valence-corrected chi connectivity index (χ2v) is 8.71. The van der Waals surface area contributed by atoms with Crippen LogP contribution in [0.15, 0.2) is 33.8 Å². The molecular weight excluding hydrogens is 370 g/mol. The first-order valence-electron chi connectivity index (χ1n) is 6.97. The SMILES string of the molecule is NC(=O)N/N=C1/CCSC2=C1CSc1c2sc2ccc(Cl)cc12. The fourth-order valence-corrected chi connectivity index (χ4v) is 7.00. The van der Waals surface area contributed by atoms with E-state index in [2.05, 4.69) is 16.6 Å². The van der Waals surface area contributed by atoms with Gasteiger partial charge in [-0.25, -0.2) is 10.2 Å². The predicted molar refractivity (Wildman–Crippen MR) is 102 cm³/mol. The molecule has 1 aromatic heterocycles. The van der Waals surface area contributed by atoms with Crippen LogP contribution in [-0.4, -0.2) is 23.2 Å². The number of amides is 2. The maximum atomic E-state index is 10.9. The zero-order valence-electron chi connectivity index (χ0n) is 11.9. The lowest BCUT2D eigenvalue weighted by molar-refractivity contribution is 0.249. The van der Waals surface area contributed by atoms with Gasteiger partial charge in [0.2, 0.25) is 0 Å². The van der Waals surface area contributed by atoms with Crippen molar-refractivity contribution in [1.82, 2.24) is 5.43 Å². The molecule has 2 aromatic rings. The average Bonchev–Trinajstić information content (AvgIpc) is 2.91. The van der Waals surface area contributed by atoms with Gasteiger partial charge >= 0.3 is 6.03 Å². The highest BCUT2D eigenvalue weighted by atomic mass is 35.5. The second-order valence-electron chi connectivity index (χ2n) is 5.13. The topological polar surface area (TPSA) is 67.5 Å². The molecule has 4 nitrogen and oxygen atoms in total.